The van der Waals surface area contributed by atoms with Gasteiger partial charge in [0, 0.05) is 22.4 Å². The Kier molecular flexibility index (Phi) is 3.51. The second-order valence-electron chi connectivity index (χ2n) is 4.80. The molecule has 0 N–H and O–H groups in total. The van der Waals surface area contributed by atoms with Crippen molar-refractivity contribution in [1.29, 1.82) is 0 Å². The van der Waals surface area contributed by atoms with E-state index in [0.717, 1.165) is 15.6 Å². The van der Waals surface area contributed by atoms with Gasteiger partial charge in [-0.3, -0.25) is 9.78 Å². The third-order valence-electron chi connectivity index (χ3n) is 3.31. The number of hydrogen-bond donors (Lipinski definition) is 0. The summed E-state index contributed by atoms with van der Waals surface area (Å²) in [5, 5.41) is 4.31. The van der Waals surface area contributed by atoms with E-state index in [4.69, 9.17) is 0 Å². The quantitative estimate of drug-likeness (QED) is 0.532. The van der Waals surface area contributed by atoms with Crippen molar-refractivity contribution in [1.82, 2.24) is 19.6 Å². The van der Waals surface area contributed by atoms with E-state index in [0.29, 0.717) is 15.3 Å². The molecule has 4 rings (SSSR count). The van der Waals surface area contributed by atoms with Gasteiger partial charge in [0.15, 0.2) is 5.82 Å². The highest BCUT2D eigenvalue weighted by Crippen LogP contribution is 2.17. The van der Waals surface area contributed by atoms with Crippen molar-refractivity contribution in [3.05, 3.63) is 73.7 Å². The lowest BCUT2D eigenvalue weighted by molar-refractivity contribution is 0.936. The van der Waals surface area contributed by atoms with E-state index in [1.165, 1.54) is 15.9 Å². The first-order valence-electron chi connectivity index (χ1n) is 6.78. The summed E-state index contributed by atoms with van der Waals surface area (Å²) in [6.07, 6.45) is 5.20. The zero-order valence-electron chi connectivity index (χ0n) is 11.7. The van der Waals surface area contributed by atoms with Crippen molar-refractivity contribution in [3.63, 3.8) is 0 Å². The van der Waals surface area contributed by atoms with Crippen LogP contribution in [0.3, 0.4) is 0 Å². The van der Waals surface area contributed by atoms with Gasteiger partial charge in [-0.15, -0.1) is 5.10 Å². The highest BCUT2D eigenvalue weighted by Gasteiger charge is 2.11. The summed E-state index contributed by atoms with van der Waals surface area (Å²) in [7, 11) is 0. The van der Waals surface area contributed by atoms with Gasteiger partial charge in [-0.25, -0.2) is 0 Å². The molecule has 0 bridgehead atoms. The molecule has 0 unspecified atom stereocenters. The predicted octanol–water partition coefficient (Wildman–Crippen LogP) is 2.52. The van der Waals surface area contributed by atoms with Crippen LogP contribution >= 0.6 is 27.3 Å². The number of hydrogen-bond acceptors (Lipinski definition) is 5. The van der Waals surface area contributed by atoms with Crippen LogP contribution in [-0.2, 0) is 0 Å². The Morgan fingerprint density at radius 1 is 1.13 bits per heavy atom. The van der Waals surface area contributed by atoms with Gasteiger partial charge in [0.1, 0.15) is 0 Å². The van der Waals surface area contributed by atoms with Crippen LogP contribution in [0.2, 0.25) is 0 Å². The van der Waals surface area contributed by atoms with Crippen molar-refractivity contribution in [2.24, 2.45) is 0 Å². The van der Waals surface area contributed by atoms with Gasteiger partial charge < -0.3 is 0 Å². The number of benzene rings is 1. The third-order valence-corrected chi connectivity index (χ3v) is 4.99. The van der Waals surface area contributed by atoms with Crippen LogP contribution in [0.15, 0.2) is 58.1 Å². The van der Waals surface area contributed by atoms with E-state index in [1.807, 2.05) is 42.5 Å². The van der Waals surface area contributed by atoms with E-state index >= 15 is 0 Å². The minimum atomic E-state index is -0.159. The molecule has 0 amide bonds. The molecule has 1 aromatic carbocycles. The molecule has 0 aliphatic carbocycles. The van der Waals surface area contributed by atoms with Gasteiger partial charge in [-0.05, 0) is 29.8 Å². The summed E-state index contributed by atoms with van der Waals surface area (Å²) in [5.74, 6) is 0.531. The molecule has 112 valence electrons. The van der Waals surface area contributed by atoms with E-state index < -0.39 is 0 Å². The molecular formula is C16H9BrN4OS. The molecule has 5 nitrogen and oxygen atoms in total. The normalized spacial score (nSPS) is 12.1. The molecule has 3 heterocycles. The predicted molar refractivity (Wildman–Crippen MR) is 93.3 cm³/mol. The van der Waals surface area contributed by atoms with Gasteiger partial charge in [-0.2, -0.15) is 9.50 Å². The Morgan fingerprint density at radius 2 is 1.91 bits per heavy atom. The minimum absolute atomic E-state index is 0.159. The Morgan fingerprint density at radius 3 is 2.65 bits per heavy atom. The SMILES string of the molecule is O=c1c(=Cc2ccccc2Br)sc2nc(-c3ccncc3)nn12. The lowest BCUT2D eigenvalue weighted by Gasteiger charge is -1.94. The summed E-state index contributed by atoms with van der Waals surface area (Å²) < 4.78 is 2.90. The second-order valence-corrected chi connectivity index (χ2v) is 6.67. The Bertz CT molecular complexity index is 1100. The average molecular weight is 385 g/mol. The van der Waals surface area contributed by atoms with Crippen LogP contribution in [0.4, 0.5) is 0 Å². The standard InChI is InChI=1S/C16H9BrN4OS/c17-12-4-2-1-3-11(12)9-13-15(22)21-16(23-13)19-14(20-21)10-5-7-18-8-6-10/h1-9H. The summed E-state index contributed by atoms with van der Waals surface area (Å²) in [6.45, 7) is 0. The number of rotatable bonds is 2. The molecule has 0 radical (unpaired) electrons. The first kappa shape index (κ1) is 14.2. The third kappa shape index (κ3) is 2.58. The zero-order chi connectivity index (χ0) is 15.8. The molecule has 4 aromatic rings. The van der Waals surface area contributed by atoms with Gasteiger partial charge >= 0.3 is 0 Å². The topological polar surface area (TPSA) is 60.2 Å². The van der Waals surface area contributed by atoms with Gasteiger partial charge in [0.2, 0.25) is 4.96 Å². The molecule has 0 aliphatic heterocycles. The Labute approximate surface area is 143 Å². The highest BCUT2D eigenvalue weighted by molar-refractivity contribution is 9.10. The van der Waals surface area contributed by atoms with E-state index in [2.05, 4.69) is 31.0 Å². The molecule has 23 heavy (non-hydrogen) atoms. The number of thiazole rings is 1. The first-order valence-corrected chi connectivity index (χ1v) is 8.39. The molecule has 0 saturated heterocycles. The zero-order valence-corrected chi connectivity index (χ0v) is 14.1. The van der Waals surface area contributed by atoms with Gasteiger partial charge in [0.05, 0.1) is 4.53 Å². The van der Waals surface area contributed by atoms with Crippen LogP contribution in [-0.4, -0.2) is 19.6 Å². The number of pyridine rings is 1. The second kappa shape index (κ2) is 5.68. The summed E-state index contributed by atoms with van der Waals surface area (Å²) in [6, 6.07) is 11.4. The number of aromatic nitrogens is 4. The van der Waals surface area contributed by atoms with Crippen molar-refractivity contribution < 1.29 is 0 Å². The maximum absolute atomic E-state index is 12.5. The molecule has 0 fully saturated rings. The summed E-state index contributed by atoms with van der Waals surface area (Å²) in [4.78, 5) is 21.5. The lowest BCUT2D eigenvalue weighted by Crippen LogP contribution is -2.23. The van der Waals surface area contributed by atoms with Crippen LogP contribution in [0, 0.1) is 0 Å². The smallest absolute Gasteiger partial charge is 0.266 e. The van der Waals surface area contributed by atoms with Crippen LogP contribution in [0.1, 0.15) is 5.56 Å². The minimum Gasteiger partial charge on any atom is -0.266 e. The maximum Gasteiger partial charge on any atom is 0.291 e. The fourth-order valence-electron chi connectivity index (χ4n) is 2.19. The highest BCUT2D eigenvalue weighted by atomic mass is 79.9. The maximum atomic E-state index is 12.5. The first-order chi connectivity index (χ1) is 11.2. The number of fused-ring (bicyclic) bond motifs is 1. The number of nitrogens with zero attached hydrogens (tertiary/aromatic N) is 4. The molecule has 0 spiro atoms. The monoisotopic (exact) mass is 384 g/mol. The molecule has 0 atom stereocenters. The van der Waals surface area contributed by atoms with Gasteiger partial charge in [0.25, 0.3) is 5.56 Å². The largest absolute Gasteiger partial charge is 0.291 e. The van der Waals surface area contributed by atoms with Crippen LogP contribution in [0.25, 0.3) is 22.4 Å². The van der Waals surface area contributed by atoms with Crippen molar-refractivity contribution >= 4 is 38.3 Å². The van der Waals surface area contributed by atoms with E-state index in [9.17, 15) is 4.79 Å². The Balaban J connectivity index is 1.86. The fourth-order valence-corrected chi connectivity index (χ4v) is 3.49. The van der Waals surface area contributed by atoms with Crippen molar-refractivity contribution in [2.75, 3.05) is 0 Å². The average Bonchev–Trinajstić information content (AvgIpc) is 3.11. The molecule has 0 saturated carbocycles. The van der Waals surface area contributed by atoms with E-state index in [1.54, 1.807) is 12.4 Å². The van der Waals surface area contributed by atoms with Crippen LogP contribution in [0.5, 0.6) is 0 Å². The van der Waals surface area contributed by atoms with Gasteiger partial charge in [-0.1, -0.05) is 45.5 Å². The van der Waals surface area contributed by atoms with Crippen LogP contribution < -0.4 is 10.1 Å². The molecular weight excluding hydrogens is 376 g/mol. The Hall–Kier alpha value is -2.38. The molecule has 0 aliphatic rings. The fraction of sp³-hybridized carbons (Fsp3) is 0. The number of halogens is 1. The summed E-state index contributed by atoms with van der Waals surface area (Å²) >= 11 is 4.81. The lowest BCUT2D eigenvalue weighted by atomic mass is 10.2. The van der Waals surface area contributed by atoms with E-state index in [-0.39, 0.29) is 5.56 Å². The van der Waals surface area contributed by atoms with Crippen molar-refractivity contribution in [2.45, 2.75) is 0 Å². The van der Waals surface area contributed by atoms with Crippen molar-refractivity contribution in [3.8, 4) is 11.4 Å². The summed E-state index contributed by atoms with van der Waals surface area (Å²) in [5.41, 5.74) is 1.63. The molecule has 3 aromatic heterocycles. The molecule has 7 heteroatoms.